The zero-order chi connectivity index (χ0) is 14.5. The van der Waals surface area contributed by atoms with Crippen LogP contribution in [0.4, 0.5) is 0 Å². The van der Waals surface area contributed by atoms with Gasteiger partial charge in [0.15, 0.2) is 0 Å². The molecule has 0 aliphatic rings. The first kappa shape index (κ1) is 14.6. The normalized spacial score (nSPS) is 12.7. The third kappa shape index (κ3) is 3.37. The molecule has 5 heteroatoms. The van der Waals surface area contributed by atoms with Crippen LogP contribution < -0.4 is 10.5 Å². The number of aryl methyl sites for hydroxylation is 1. The molecule has 1 aromatic carbocycles. The molecule has 0 spiro atoms. The lowest BCUT2D eigenvalue weighted by Crippen LogP contribution is -2.30. The van der Waals surface area contributed by atoms with E-state index in [0.717, 1.165) is 22.8 Å². The van der Waals surface area contributed by atoms with Crippen molar-refractivity contribution >= 4 is 0 Å². The van der Waals surface area contributed by atoms with E-state index in [1.807, 2.05) is 44.3 Å². The summed E-state index contributed by atoms with van der Waals surface area (Å²) in [5.41, 5.74) is 8.00. The van der Waals surface area contributed by atoms with E-state index in [0.29, 0.717) is 13.1 Å². The van der Waals surface area contributed by atoms with Gasteiger partial charge in [-0.25, -0.2) is 0 Å². The molecule has 0 aliphatic heterocycles. The van der Waals surface area contributed by atoms with Crippen molar-refractivity contribution in [2.75, 3.05) is 20.7 Å². The van der Waals surface area contributed by atoms with Crippen LogP contribution in [-0.4, -0.2) is 30.8 Å². The minimum absolute atomic E-state index is 0.137. The molecule has 108 valence electrons. The second-order valence-electron chi connectivity index (χ2n) is 4.87. The smallest absolute Gasteiger partial charge is 0.133 e. The number of nitrogens with two attached hydrogens (primary N) is 1. The highest BCUT2D eigenvalue weighted by atomic mass is 16.5. The minimum atomic E-state index is 0.137. The molecule has 1 aromatic heterocycles. The van der Waals surface area contributed by atoms with Gasteiger partial charge in [0.2, 0.25) is 0 Å². The highest BCUT2D eigenvalue weighted by molar-refractivity contribution is 5.29. The lowest BCUT2D eigenvalue weighted by atomic mass is 10.1. The summed E-state index contributed by atoms with van der Waals surface area (Å²) in [7, 11) is 3.69. The first-order valence-electron chi connectivity index (χ1n) is 6.60. The third-order valence-electron chi connectivity index (χ3n) is 3.34. The van der Waals surface area contributed by atoms with E-state index >= 15 is 0 Å². The Morgan fingerprint density at radius 1 is 1.35 bits per heavy atom. The fourth-order valence-electron chi connectivity index (χ4n) is 2.25. The zero-order valence-corrected chi connectivity index (χ0v) is 12.2. The second kappa shape index (κ2) is 6.54. The topological polar surface area (TPSA) is 64.5 Å². The summed E-state index contributed by atoms with van der Waals surface area (Å²) in [5.74, 6) is 1.67. The monoisotopic (exact) mass is 275 g/mol. The highest BCUT2D eigenvalue weighted by Gasteiger charge is 2.17. The van der Waals surface area contributed by atoms with E-state index in [4.69, 9.17) is 15.0 Å². The molecule has 0 saturated carbocycles. The summed E-state index contributed by atoms with van der Waals surface area (Å²) in [6, 6.07) is 10.1. The average Bonchev–Trinajstić information content (AvgIpc) is 2.85. The van der Waals surface area contributed by atoms with Crippen molar-refractivity contribution in [3.05, 3.63) is 47.3 Å². The average molecular weight is 275 g/mol. The number of hydrogen-bond donors (Lipinski definition) is 1. The Morgan fingerprint density at radius 3 is 2.55 bits per heavy atom. The van der Waals surface area contributed by atoms with Gasteiger partial charge < -0.3 is 15.0 Å². The molecule has 1 unspecified atom stereocenters. The molecule has 5 nitrogen and oxygen atoms in total. The maximum atomic E-state index is 5.92. The second-order valence-corrected chi connectivity index (χ2v) is 4.87. The Kier molecular flexibility index (Phi) is 4.76. The van der Waals surface area contributed by atoms with Crippen molar-refractivity contribution in [1.82, 2.24) is 10.1 Å². The summed E-state index contributed by atoms with van der Waals surface area (Å²) in [6.45, 7) is 3.13. The molecule has 1 heterocycles. The Labute approximate surface area is 119 Å². The van der Waals surface area contributed by atoms with Crippen LogP contribution in [0, 0.1) is 6.92 Å². The van der Waals surface area contributed by atoms with Crippen LogP contribution in [-0.2, 0) is 6.54 Å². The van der Waals surface area contributed by atoms with Crippen LogP contribution >= 0.6 is 0 Å². The van der Waals surface area contributed by atoms with Crippen molar-refractivity contribution in [2.24, 2.45) is 5.73 Å². The van der Waals surface area contributed by atoms with Crippen LogP contribution in [0.2, 0.25) is 0 Å². The van der Waals surface area contributed by atoms with Crippen LogP contribution in [0.5, 0.6) is 5.75 Å². The zero-order valence-electron chi connectivity index (χ0n) is 12.2. The van der Waals surface area contributed by atoms with Crippen molar-refractivity contribution in [3.63, 3.8) is 0 Å². The van der Waals surface area contributed by atoms with Crippen molar-refractivity contribution in [2.45, 2.75) is 19.5 Å². The molecule has 2 aromatic rings. The fraction of sp³-hybridized carbons (Fsp3) is 0.400. The number of ether oxygens (including phenoxy) is 1. The Hall–Kier alpha value is -1.85. The predicted molar refractivity (Wildman–Crippen MR) is 77.5 cm³/mol. The molecule has 0 fully saturated rings. The third-order valence-corrected chi connectivity index (χ3v) is 3.34. The lowest BCUT2D eigenvalue weighted by molar-refractivity contribution is 0.234. The van der Waals surface area contributed by atoms with E-state index in [1.54, 1.807) is 7.11 Å². The molecular formula is C15H21N3O2. The van der Waals surface area contributed by atoms with Gasteiger partial charge in [-0.2, -0.15) is 0 Å². The number of rotatable bonds is 6. The molecular weight excluding hydrogens is 254 g/mol. The van der Waals surface area contributed by atoms with Crippen LogP contribution in [0.1, 0.15) is 23.1 Å². The van der Waals surface area contributed by atoms with E-state index < -0.39 is 0 Å². The first-order valence-corrected chi connectivity index (χ1v) is 6.60. The van der Waals surface area contributed by atoms with E-state index in [2.05, 4.69) is 10.1 Å². The maximum absolute atomic E-state index is 5.92. The summed E-state index contributed by atoms with van der Waals surface area (Å²) in [4.78, 5) is 2.17. The van der Waals surface area contributed by atoms with E-state index in [-0.39, 0.29) is 6.04 Å². The molecule has 0 bridgehead atoms. The summed E-state index contributed by atoms with van der Waals surface area (Å²) in [5, 5.41) is 4.02. The minimum Gasteiger partial charge on any atom is -0.497 e. The highest BCUT2D eigenvalue weighted by Crippen LogP contribution is 2.22. The molecule has 2 N–H and O–H groups in total. The fourth-order valence-corrected chi connectivity index (χ4v) is 2.25. The molecule has 0 aliphatic carbocycles. The Bertz CT molecular complexity index is 536. The van der Waals surface area contributed by atoms with Crippen molar-refractivity contribution in [3.8, 4) is 5.75 Å². The van der Waals surface area contributed by atoms with Gasteiger partial charge >= 0.3 is 0 Å². The number of methoxy groups -OCH3 is 1. The Balaban J connectivity index is 2.09. The largest absolute Gasteiger partial charge is 0.497 e. The predicted octanol–water partition coefficient (Wildman–Crippen LogP) is 2.12. The van der Waals surface area contributed by atoms with Crippen molar-refractivity contribution < 1.29 is 9.26 Å². The van der Waals surface area contributed by atoms with E-state index in [1.165, 1.54) is 0 Å². The summed E-state index contributed by atoms with van der Waals surface area (Å²) in [6.07, 6.45) is 0. The molecule has 0 radical (unpaired) electrons. The van der Waals surface area contributed by atoms with Gasteiger partial charge in [0.05, 0.1) is 12.8 Å². The van der Waals surface area contributed by atoms with Crippen molar-refractivity contribution in [1.29, 1.82) is 0 Å². The van der Waals surface area contributed by atoms with Crippen LogP contribution in [0.3, 0.4) is 0 Å². The van der Waals surface area contributed by atoms with Crippen LogP contribution in [0.15, 0.2) is 34.9 Å². The van der Waals surface area contributed by atoms with Gasteiger partial charge in [-0.15, -0.1) is 0 Å². The quantitative estimate of drug-likeness (QED) is 0.875. The molecule has 0 saturated heterocycles. The van der Waals surface area contributed by atoms with Gasteiger partial charge in [0, 0.05) is 25.2 Å². The van der Waals surface area contributed by atoms with Gasteiger partial charge in [-0.3, -0.25) is 4.90 Å². The number of aromatic nitrogens is 1. The number of likely N-dealkylation sites (N-methyl/N-ethyl adjacent to an activating group) is 1. The standard InChI is InChI=1S/C15H21N3O2/c1-11-8-13(17-20-11)10-18(2)15(9-16)12-4-6-14(19-3)7-5-12/h4-8,15H,9-10,16H2,1-3H3. The summed E-state index contributed by atoms with van der Waals surface area (Å²) >= 11 is 0. The molecule has 2 rings (SSSR count). The molecule has 0 amide bonds. The summed E-state index contributed by atoms with van der Waals surface area (Å²) < 4.78 is 10.3. The van der Waals surface area contributed by atoms with Gasteiger partial charge in [0.1, 0.15) is 11.5 Å². The SMILES string of the molecule is COc1ccc(C(CN)N(C)Cc2cc(C)on2)cc1. The number of hydrogen-bond acceptors (Lipinski definition) is 5. The lowest BCUT2D eigenvalue weighted by Gasteiger charge is -2.26. The Morgan fingerprint density at radius 2 is 2.05 bits per heavy atom. The van der Waals surface area contributed by atoms with Gasteiger partial charge in [0.25, 0.3) is 0 Å². The van der Waals surface area contributed by atoms with Gasteiger partial charge in [-0.1, -0.05) is 17.3 Å². The number of benzene rings is 1. The van der Waals surface area contributed by atoms with Crippen LogP contribution in [0.25, 0.3) is 0 Å². The van der Waals surface area contributed by atoms with E-state index in [9.17, 15) is 0 Å². The molecule has 20 heavy (non-hydrogen) atoms. The maximum Gasteiger partial charge on any atom is 0.133 e. The van der Waals surface area contributed by atoms with Gasteiger partial charge in [-0.05, 0) is 31.7 Å². The molecule has 1 atom stereocenters. The number of nitrogens with zero attached hydrogens (tertiary/aromatic N) is 2. The first-order chi connectivity index (χ1) is 9.63.